The van der Waals surface area contributed by atoms with Crippen molar-refractivity contribution in [2.24, 2.45) is 5.92 Å². The maximum Gasteiger partial charge on any atom is 0.325 e. The zero-order valence-corrected chi connectivity index (χ0v) is 14.7. The van der Waals surface area contributed by atoms with Crippen molar-refractivity contribution in [3.05, 3.63) is 23.8 Å². The average Bonchev–Trinajstić information content (AvgIpc) is 3.31. The monoisotopic (exact) mass is 359 g/mol. The second-order valence-electron chi connectivity index (χ2n) is 7.21. The first-order valence-electron chi connectivity index (χ1n) is 8.72. The smallest absolute Gasteiger partial charge is 0.325 e. The molecule has 3 aliphatic rings. The summed E-state index contributed by atoms with van der Waals surface area (Å²) in [6.07, 6.45) is 2.21. The van der Waals surface area contributed by atoms with E-state index in [4.69, 9.17) is 9.47 Å². The zero-order chi connectivity index (χ0) is 18.5. The van der Waals surface area contributed by atoms with Crippen LogP contribution in [0.1, 0.15) is 32.3 Å². The Kier molecular flexibility index (Phi) is 3.78. The van der Waals surface area contributed by atoms with Crippen LogP contribution in [0.4, 0.5) is 4.79 Å². The van der Waals surface area contributed by atoms with E-state index in [1.165, 1.54) is 0 Å². The van der Waals surface area contributed by atoms with Crippen LogP contribution in [0.15, 0.2) is 18.2 Å². The van der Waals surface area contributed by atoms with Crippen molar-refractivity contribution < 1.29 is 23.9 Å². The number of carbonyl (C=O) groups is 3. The molecule has 4 rings (SSSR count). The lowest BCUT2D eigenvalue weighted by Crippen LogP contribution is -2.45. The van der Waals surface area contributed by atoms with Gasteiger partial charge in [-0.15, -0.1) is 0 Å². The van der Waals surface area contributed by atoms with Gasteiger partial charge in [-0.3, -0.25) is 14.5 Å². The van der Waals surface area contributed by atoms with Gasteiger partial charge in [-0.05, 0) is 50.3 Å². The van der Waals surface area contributed by atoms with E-state index in [0.717, 1.165) is 17.7 Å². The van der Waals surface area contributed by atoms with Crippen LogP contribution in [0.3, 0.4) is 0 Å². The summed E-state index contributed by atoms with van der Waals surface area (Å²) >= 11 is 0. The summed E-state index contributed by atoms with van der Waals surface area (Å²) in [6, 6.07) is 4.58. The second kappa shape index (κ2) is 5.89. The van der Waals surface area contributed by atoms with Crippen LogP contribution in [0.5, 0.6) is 11.5 Å². The first-order valence-corrected chi connectivity index (χ1v) is 8.72. The van der Waals surface area contributed by atoms with Crippen molar-refractivity contribution in [1.82, 2.24) is 15.5 Å². The number of amides is 4. The number of nitrogens with one attached hydrogen (secondary N) is 2. The van der Waals surface area contributed by atoms with Gasteiger partial charge >= 0.3 is 6.03 Å². The quantitative estimate of drug-likeness (QED) is 0.768. The van der Waals surface area contributed by atoms with Crippen LogP contribution in [0.25, 0.3) is 0 Å². The first kappa shape index (κ1) is 16.7. The molecule has 2 fully saturated rings. The molecule has 0 spiro atoms. The average molecular weight is 359 g/mol. The minimum atomic E-state index is -1.25. The molecule has 1 saturated heterocycles. The molecule has 8 heteroatoms. The van der Waals surface area contributed by atoms with E-state index in [1.54, 1.807) is 25.1 Å². The molecule has 138 valence electrons. The van der Waals surface area contributed by atoms with Gasteiger partial charge in [0.1, 0.15) is 12.1 Å². The summed E-state index contributed by atoms with van der Waals surface area (Å²) in [5, 5.41) is 5.55. The molecule has 0 bridgehead atoms. The van der Waals surface area contributed by atoms with Crippen molar-refractivity contribution in [1.29, 1.82) is 0 Å². The van der Waals surface area contributed by atoms with E-state index in [9.17, 15) is 14.4 Å². The van der Waals surface area contributed by atoms with Gasteiger partial charge < -0.3 is 20.1 Å². The lowest BCUT2D eigenvalue weighted by atomic mass is 9.91. The van der Waals surface area contributed by atoms with E-state index in [1.807, 2.05) is 6.92 Å². The summed E-state index contributed by atoms with van der Waals surface area (Å²) < 4.78 is 10.6. The number of imide groups is 1. The molecule has 0 radical (unpaired) electrons. The maximum atomic E-state index is 12.9. The van der Waals surface area contributed by atoms with Crippen LogP contribution in [-0.4, -0.2) is 42.1 Å². The minimum Gasteiger partial charge on any atom is -0.454 e. The van der Waals surface area contributed by atoms with Crippen molar-refractivity contribution in [3.63, 3.8) is 0 Å². The van der Waals surface area contributed by atoms with Crippen LogP contribution in [0.2, 0.25) is 0 Å². The molecule has 2 N–H and O–H groups in total. The number of hydrogen-bond donors (Lipinski definition) is 2. The van der Waals surface area contributed by atoms with E-state index in [2.05, 4.69) is 10.6 Å². The summed E-state index contributed by atoms with van der Waals surface area (Å²) in [7, 11) is 0. The van der Waals surface area contributed by atoms with Crippen molar-refractivity contribution in [2.75, 3.05) is 13.3 Å². The minimum absolute atomic E-state index is 0.0588. The van der Waals surface area contributed by atoms with Gasteiger partial charge in [-0.2, -0.15) is 0 Å². The highest BCUT2D eigenvalue weighted by Crippen LogP contribution is 2.38. The van der Waals surface area contributed by atoms with Gasteiger partial charge in [-0.1, -0.05) is 6.07 Å². The number of benzene rings is 1. The van der Waals surface area contributed by atoms with Gasteiger partial charge in [-0.25, -0.2) is 4.79 Å². The van der Waals surface area contributed by atoms with Gasteiger partial charge in [0.2, 0.25) is 12.7 Å². The largest absolute Gasteiger partial charge is 0.454 e. The number of nitrogens with zero attached hydrogens (tertiary/aromatic N) is 1. The third kappa shape index (κ3) is 2.75. The highest BCUT2D eigenvalue weighted by Gasteiger charge is 2.50. The number of urea groups is 1. The summed E-state index contributed by atoms with van der Waals surface area (Å²) in [5.41, 5.74) is -0.671. The lowest BCUT2D eigenvalue weighted by molar-refractivity contribution is -0.135. The first-order chi connectivity index (χ1) is 12.4. The Morgan fingerprint density at radius 1 is 1.35 bits per heavy atom. The Balaban J connectivity index is 1.50. The molecule has 4 amide bonds. The van der Waals surface area contributed by atoms with Crippen molar-refractivity contribution in [2.45, 2.75) is 38.3 Å². The molecule has 1 aromatic rings. The molecule has 2 unspecified atom stereocenters. The molecule has 1 aliphatic carbocycles. The van der Waals surface area contributed by atoms with Crippen LogP contribution < -0.4 is 20.1 Å². The Morgan fingerprint density at radius 2 is 2.08 bits per heavy atom. The molecule has 0 aromatic heterocycles. The van der Waals surface area contributed by atoms with Crippen LogP contribution in [0, 0.1) is 5.92 Å². The molecular formula is C18H21N3O5. The predicted molar refractivity (Wildman–Crippen MR) is 90.5 cm³/mol. The molecule has 26 heavy (non-hydrogen) atoms. The summed E-state index contributed by atoms with van der Waals surface area (Å²) in [5.74, 6) is 0.832. The van der Waals surface area contributed by atoms with E-state index >= 15 is 0 Å². The van der Waals surface area contributed by atoms with Crippen molar-refractivity contribution >= 4 is 17.8 Å². The van der Waals surface area contributed by atoms with E-state index in [-0.39, 0.29) is 25.3 Å². The fraction of sp³-hybridized carbons (Fsp3) is 0.500. The number of fused-ring (bicyclic) bond motifs is 1. The van der Waals surface area contributed by atoms with Crippen molar-refractivity contribution in [3.8, 4) is 11.5 Å². The highest BCUT2D eigenvalue weighted by molar-refractivity contribution is 6.09. The van der Waals surface area contributed by atoms with Crippen LogP contribution >= 0.6 is 0 Å². The second-order valence-corrected chi connectivity index (χ2v) is 7.21. The fourth-order valence-corrected chi connectivity index (χ4v) is 3.40. The van der Waals surface area contributed by atoms with E-state index in [0.29, 0.717) is 23.0 Å². The molecular weight excluding hydrogens is 338 g/mol. The fourth-order valence-electron chi connectivity index (χ4n) is 3.40. The standard InChI is InChI=1S/C18H21N3O5/c1-10(11-3-4-11)19-15(22)8-21-16(23)18(2,20-17(21)24)12-5-6-13-14(7-12)26-9-25-13/h5-7,10-11H,3-4,8-9H2,1-2H3,(H,19,22)(H,20,24). The number of rotatable bonds is 5. The van der Waals surface area contributed by atoms with Gasteiger partial charge in [0.15, 0.2) is 11.5 Å². The maximum absolute atomic E-state index is 12.9. The predicted octanol–water partition coefficient (Wildman–Crippen LogP) is 1.10. The molecule has 1 saturated carbocycles. The Hall–Kier alpha value is -2.77. The molecule has 2 atom stereocenters. The van der Waals surface area contributed by atoms with Gasteiger partial charge in [0.25, 0.3) is 5.91 Å². The summed E-state index contributed by atoms with van der Waals surface area (Å²) in [4.78, 5) is 38.4. The Labute approximate surface area is 150 Å². The topological polar surface area (TPSA) is 97.0 Å². The van der Waals surface area contributed by atoms with Crippen LogP contribution in [-0.2, 0) is 15.1 Å². The van der Waals surface area contributed by atoms with Gasteiger partial charge in [0.05, 0.1) is 0 Å². The SMILES string of the molecule is CC(NC(=O)CN1C(=O)NC(C)(c2ccc3c(c2)OCO3)C1=O)C1CC1. The molecule has 2 aliphatic heterocycles. The normalized spacial score (nSPS) is 25.2. The third-order valence-corrected chi connectivity index (χ3v) is 5.24. The molecule has 1 aromatic carbocycles. The Morgan fingerprint density at radius 3 is 2.81 bits per heavy atom. The Bertz CT molecular complexity index is 791. The highest BCUT2D eigenvalue weighted by atomic mass is 16.7. The number of ether oxygens (including phenoxy) is 2. The van der Waals surface area contributed by atoms with E-state index < -0.39 is 17.5 Å². The molecule has 8 nitrogen and oxygen atoms in total. The zero-order valence-electron chi connectivity index (χ0n) is 14.7. The molecule has 2 heterocycles. The number of carbonyl (C=O) groups excluding carboxylic acids is 3. The third-order valence-electron chi connectivity index (χ3n) is 5.24. The van der Waals surface area contributed by atoms with Gasteiger partial charge in [0, 0.05) is 6.04 Å². The lowest BCUT2D eigenvalue weighted by Gasteiger charge is -2.22. The summed E-state index contributed by atoms with van der Waals surface area (Å²) in [6.45, 7) is 3.40. The number of hydrogen-bond acceptors (Lipinski definition) is 5.